The van der Waals surface area contributed by atoms with Gasteiger partial charge in [0, 0.05) is 13.1 Å². The van der Waals surface area contributed by atoms with E-state index in [0.717, 1.165) is 13.1 Å². The molecule has 0 saturated carbocycles. The highest BCUT2D eigenvalue weighted by Crippen LogP contribution is 2.39. The number of likely N-dealkylation sites (N-methyl/N-ethyl adjacent to an activating group) is 1. The van der Waals surface area contributed by atoms with E-state index in [1.54, 1.807) is 66.6 Å². The van der Waals surface area contributed by atoms with Gasteiger partial charge in [-0.25, -0.2) is 13.4 Å². The van der Waals surface area contributed by atoms with Crippen molar-refractivity contribution in [3.8, 4) is 5.75 Å². The van der Waals surface area contributed by atoms with Crippen LogP contribution < -0.4 is 14.4 Å². The van der Waals surface area contributed by atoms with Crippen LogP contribution in [0.15, 0.2) is 71.6 Å². The molecule has 0 aliphatic carbocycles. The van der Waals surface area contributed by atoms with Gasteiger partial charge in [0.05, 0.1) is 33.0 Å². The van der Waals surface area contributed by atoms with Crippen molar-refractivity contribution in [3.05, 3.63) is 77.3 Å². The van der Waals surface area contributed by atoms with Crippen molar-refractivity contribution in [1.29, 1.82) is 0 Å². The van der Waals surface area contributed by atoms with Crippen LogP contribution in [0.5, 0.6) is 5.75 Å². The molecule has 0 fully saturated rings. The number of para-hydroxylation sites is 1. The highest BCUT2D eigenvalue weighted by atomic mass is 35.5. The van der Waals surface area contributed by atoms with Crippen molar-refractivity contribution in [1.82, 2.24) is 9.88 Å². The molecule has 208 valence electrons. The Kier molecular flexibility index (Phi) is 10.6. The lowest BCUT2D eigenvalue weighted by Crippen LogP contribution is -2.39. The maximum atomic E-state index is 14.1. The quantitative estimate of drug-likeness (QED) is 0.219. The smallest absolute Gasteiger partial charge is 0.262 e. The third kappa shape index (κ3) is 6.82. The van der Waals surface area contributed by atoms with E-state index in [1.165, 1.54) is 23.5 Å². The fraction of sp³-hybridized carbons (Fsp3) is 0.259. The Hall–Kier alpha value is -2.89. The van der Waals surface area contributed by atoms with Crippen LogP contribution in [0.2, 0.25) is 5.02 Å². The molecule has 1 amide bonds. The number of thiazole rings is 1. The van der Waals surface area contributed by atoms with Gasteiger partial charge in [0.15, 0.2) is 5.13 Å². The molecule has 12 heteroatoms. The van der Waals surface area contributed by atoms with Gasteiger partial charge in [-0.05, 0) is 49.5 Å². The minimum absolute atomic E-state index is 0. The summed E-state index contributed by atoms with van der Waals surface area (Å²) in [6.07, 6.45) is 0. The van der Waals surface area contributed by atoms with Gasteiger partial charge in [-0.3, -0.25) is 14.4 Å². The Morgan fingerprint density at radius 1 is 1.00 bits per heavy atom. The number of anilines is 2. The standard InChI is InChI=1S/C27H29ClN4O4S2.ClH/c1-4-31(5-2)17-18-32(27-29-24-23(36-3)16-15-21(28)25(24)37-27)26(33)20-13-9-10-14-22(20)30-38(34,35)19-11-7-6-8-12-19;/h6-16,30H,4-5,17-18H2,1-3H3;1H. The number of benzene rings is 3. The van der Waals surface area contributed by atoms with Crippen molar-refractivity contribution < 1.29 is 17.9 Å². The summed E-state index contributed by atoms with van der Waals surface area (Å²) in [5, 5.41) is 0.959. The molecule has 0 unspecified atom stereocenters. The summed E-state index contributed by atoms with van der Waals surface area (Å²) in [6, 6.07) is 18.1. The Labute approximate surface area is 244 Å². The first-order chi connectivity index (χ1) is 18.3. The van der Waals surface area contributed by atoms with Gasteiger partial charge in [-0.15, -0.1) is 12.4 Å². The molecule has 4 aromatic rings. The van der Waals surface area contributed by atoms with Gasteiger partial charge >= 0.3 is 0 Å². The van der Waals surface area contributed by atoms with Gasteiger partial charge in [0.2, 0.25) is 0 Å². The number of carbonyl (C=O) groups is 1. The molecule has 4 rings (SSSR count). The first kappa shape index (κ1) is 30.6. The molecule has 8 nitrogen and oxygen atoms in total. The molecular formula is C27H30Cl2N4O4S2. The van der Waals surface area contributed by atoms with Crippen LogP contribution in [0.4, 0.5) is 10.8 Å². The average Bonchev–Trinajstić information content (AvgIpc) is 3.38. The number of nitrogens with one attached hydrogen (secondary N) is 1. The van der Waals surface area contributed by atoms with Gasteiger partial charge in [0.25, 0.3) is 15.9 Å². The summed E-state index contributed by atoms with van der Waals surface area (Å²) in [5.41, 5.74) is 0.966. The number of methoxy groups -OCH3 is 1. The number of hydrogen-bond donors (Lipinski definition) is 1. The van der Waals surface area contributed by atoms with Gasteiger partial charge < -0.3 is 9.64 Å². The summed E-state index contributed by atoms with van der Waals surface area (Å²) in [5.74, 6) is 0.178. The first-order valence-corrected chi connectivity index (χ1v) is 14.8. The van der Waals surface area contributed by atoms with Crippen LogP contribution in [0.3, 0.4) is 0 Å². The molecule has 1 N–H and O–H groups in total. The van der Waals surface area contributed by atoms with Gasteiger partial charge in [-0.1, -0.05) is 67.1 Å². The summed E-state index contributed by atoms with van der Waals surface area (Å²) in [4.78, 5) is 22.7. The lowest BCUT2D eigenvalue weighted by molar-refractivity contribution is 0.0984. The number of rotatable bonds is 11. The van der Waals surface area contributed by atoms with E-state index in [2.05, 4.69) is 23.5 Å². The first-order valence-electron chi connectivity index (χ1n) is 12.1. The lowest BCUT2D eigenvalue weighted by Gasteiger charge is -2.25. The molecule has 0 atom stereocenters. The van der Waals surface area contributed by atoms with Crippen molar-refractivity contribution in [2.75, 3.05) is 42.9 Å². The highest BCUT2D eigenvalue weighted by Gasteiger charge is 2.26. The fourth-order valence-electron chi connectivity index (χ4n) is 3.99. The van der Waals surface area contributed by atoms with Crippen LogP contribution in [0.25, 0.3) is 10.2 Å². The summed E-state index contributed by atoms with van der Waals surface area (Å²) in [7, 11) is -2.35. The van der Waals surface area contributed by atoms with Crippen molar-refractivity contribution in [3.63, 3.8) is 0 Å². The van der Waals surface area contributed by atoms with E-state index >= 15 is 0 Å². The zero-order valence-corrected chi connectivity index (χ0v) is 25.0. The van der Waals surface area contributed by atoms with Crippen LogP contribution in [-0.4, -0.2) is 57.5 Å². The number of carbonyl (C=O) groups excluding carboxylic acids is 1. The number of hydrogen-bond acceptors (Lipinski definition) is 7. The zero-order chi connectivity index (χ0) is 27.3. The fourth-order valence-corrected chi connectivity index (χ4v) is 6.38. The SMILES string of the molecule is CCN(CC)CCN(C(=O)c1ccccc1NS(=O)(=O)c1ccccc1)c1nc2c(OC)ccc(Cl)c2s1.Cl. The topological polar surface area (TPSA) is 91.8 Å². The molecule has 3 aromatic carbocycles. The number of fused-ring (bicyclic) bond motifs is 1. The van der Waals surface area contributed by atoms with Crippen LogP contribution >= 0.6 is 35.3 Å². The lowest BCUT2D eigenvalue weighted by atomic mass is 10.1. The van der Waals surface area contributed by atoms with E-state index in [0.29, 0.717) is 39.2 Å². The molecule has 0 spiro atoms. The van der Waals surface area contributed by atoms with Crippen LogP contribution in [-0.2, 0) is 10.0 Å². The number of halogens is 2. The Morgan fingerprint density at radius 2 is 1.67 bits per heavy atom. The van der Waals surface area contributed by atoms with E-state index < -0.39 is 10.0 Å². The van der Waals surface area contributed by atoms with E-state index in [-0.39, 0.29) is 34.5 Å². The number of nitrogens with zero attached hydrogens (tertiary/aromatic N) is 3. The zero-order valence-electron chi connectivity index (χ0n) is 21.8. The molecule has 0 radical (unpaired) electrons. The minimum Gasteiger partial charge on any atom is -0.494 e. The largest absolute Gasteiger partial charge is 0.494 e. The Balaban J connectivity index is 0.00000420. The normalized spacial score (nSPS) is 11.3. The second-order valence-electron chi connectivity index (χ2n) is 8.37. The molecule has 0 aliphatic rings. The minimum atomic E-state index is -3.90. The molecule has 1 aromatic heterocycles. The maximum Gasteiger partial charge on any atom is 0.262 e. The molecule has 0 bridgehead atoms. The number of ether oxygens (including phenoxy) is 1. The van der Waals surface area contributed by atoms with Crippen molar-refractivity contribution in [2.45, 2.75) is 18.7 Å². The second kappa shape index (κ2) is 13.5. The van der Waals surface area contributed by atoms with Crippen LogP contribution in [0.1, 0.15) is 24.2 Å². The second-order valence-corrected chi connectivity index (χ2v) is 11.4. The van der Waals surface area contributed by atoms with E-state index in [1.807, 2.05) is 0 Å². The molecule has 0 aliphatic heterocycles. The molecular weight excluding hydrogens is 579 g/mol. The average molecular weight is 610 g/mol. The third-order valence-electron chi connectivity index (χ3n) is 6.13. The Bertz CT molecular complexity index is 1530. The monoisotopic (exact) mass is 608 g/mol. The summed E-state index contributed by atoms with van der Waals surface area (Å²) < 4.78 is 34.9. The van der Waals surface area contributed by atoms with Crippen molar-refractivity contribution in [2.24, 2.45) is 0 Å². The molecule has 1 heterocycles. The Morgan fingerprint density at radius 3 is 2.33 bits per heavy atom. The number of amides is 1. The van der Waals surface area contributed by atoms with E-state index in [4.69, 9.17) is 21.3 Å². The summed E-state index contributed by atoms with van der Waals surface area (Å²) in [6.45, 7) is 6.73. The van der Waals surface area contributed by atoms with E-state index in [9.17, 15) is 13.2 Å². The summed E-state index contributed by atoms with van der Waals surface area (Å²) >= 11 is 7.75. The highest BCUT2D eigenvalue weighted by molar-refractivity contribution is 7.92. The predicted octanol–water partition coefficient (Wildman–Crippen LogP) is 6.17. The maximum absolute atomic E-state index is 14.1. The molecule has 39 heavy (non-hydrogen) atoms. The number of sulfonamides is 1. The predicted molar refractivity (Wildman–Crippen MR) is 162 cm³/mol. The van der Waals surface area contributed by atoms with Crippen molar-refractivity contribution >= 4 is 72.3 Å². The third-order valence-corrected chi connectivity index (χ3v) is 9.05. The van der Waals surface area contributed by atoms with Crippen LogP contribution in [0, 0.1) is 0 Å². The number of aromatic nitrogens is 1. The molecule has 0 saturated heterocycles. The van der Waals surface area contributed by atoms with Gasteiger partial charge in [0.1, 0.15) is 11.3 Å². The van der Waals surface area contributed by atoms with Gasteiger partial charge in [-0.2, -0.15) is 0 Å².